The highest BCUT2D eigenvalue weighted by atomic mass is 19.1. The number of hydrogen-bond donors (Lipinski definition) is 0. The summed E-state index contributed by atoms with van der Waals surface area (Å²) < 4.78 is 13.5. The van der Waals surface area contributed by atoms with Crippen molar-refractivity contribution >= 4 is 23.5 Å². The molecule has 0 spiro atoms. The zero-order chi connectivity index (χ0) is 18.5. The number of oxime groups is 1. The number of fused-ring (bicyclic) bond motifs is 2. The van der Waals surface area contributed by atoms with E-state index < -0.39 is 0 Å². The second-order valence-electron chi connectivity index (χ2n) is 7.29. The maximum absolute atomic E-state index is 13.5. The van der Waals surface area contributed by atoms with E-state index in [1.165, 1.54) is 12.1 Å². The van der Waals surface area contributed by atoms with E-state index >= 15 is 0 Å². The number of nitrogens with zero attached hydrogens (tertiary/aromatic N) is 3. The van der Waals surface area contributed by atoms with Gasteiger partial charge >= 0.3 is 0 Å². The van der Waals surface area contributed by atoms with Crippen LogP contribution in [0.3, 0.4) is 0 Å². The largest absolute Gasteiger partial charge is 0.390 e. The van der Waals surface area contributed by atoms with Gasteiger partial charge in [0.15, 0.2) is 6.10 Å². The van der Waals surface area contributed by atoms with Crippen molar-refractivity contribution in [3.05, 3.63) is 47.8 Å². The Kier molecular flexibility index (Phi) is 3.67. The molecule has 1 saturated heterocycles. The van der Waals surface area contributed by atoms with E-state index in [1.807, 2.05) is 18.0 Å². The first-order valence-electron chi connectivity index (χ1n) is 9.31. The molecule has 0 aromatic heterocycles. The molecular weight excluding hydrogens is 345 g/mol. The minimum absolute atomic E-state index is 0.0769. The number of carbonyl (C=O) groups is 1. The van der Waals surface area contributed by atoms with Crippen molar-refractivity contribution < 1.29 is 14.0 Å². The van der Waals surface area contributed by atoms with Crippen molar-refractivity contribution in [1.82, 2.24) is 0 Å². The highest BCUT2D eigenvalue weighted by Crippen LogP contribution is 2.42. The standard InChI is InChI=1S/C21H20FN3O2/c1-2-25-18-9-17(13-3-5-16(22)6-4-13)19(7-14(18)8-21(25)26)24-11-15-10-23-27-20(15)12-24/h3-7,9-10,15,20H,2,8,11-12H2,1H3/t15-,20+/m1/s1. The van der Waals surface area contributed by atoms with Gasteiger partial charge < -0.3 is 14.6 Å². The van der Waals surface area contributed by atoms with Gasteiger partial charge in [-0.15, -0.1) is 0 Å². The fourth-order valence-electron chi connectivity index (χ4n) is 4.32. The highest BCUT2D eigenvalue weighted by molar-refractivity contribution is 6.03. The van der Waals surface area contributed by atoms with Crippen molar-refractivity contribution in [3.8, 4) is 11.1 Å². The molecule has 6 heteroatoms. The van der Waals surface area contributed by atoms with Crippen LogP contribution in [0.25, 0.3) is 11.1 Å². The number of halogens is 1. The van der Waals surface area contributed by atoms with Crippen LogP contribution < -0.4 is 9.80 Å². The third-order valence-electron chi connectivity index (χ3n) is 5.70. The van der Waals surface area contributed by atoms with E-state index in [4.69, 9.17) is 4.84 Å². The predicted octanol–water partition coefficient (Wildman–Crippen LogP) is 3.22. The van der Waals surface area contributed by atoms with Crippen LogP contribution in [0.1, 0.15) is 12.5 Å². The Morgan fingerprint density at radius 1 is 1.19 bits per heavy atom. The van der Waals surface area contributed by atoms with E-state index in [0.29, 0.717) is 13.0 Å². The second-order valence-corrected chi connectivity index (χ2v) is 7.29. The fraction of sp³-hybridized carbons (Fsp3) is 0.333. The van der Waals surface area contributed by atoms with Crippen LogP contribution in [0.15, 0.2) is 41.6 Å². The van der Waals surface area contributed by atoms with E-state index in [-0.39, 0.29) is 23.7 Å². The number of anilines is 2. The molecule has 0 radical (unpaired) electrons. The molecule has 0 unspecified atom stereocenters. The monoisotopic (exact) mass is 365 g/mol. The summed E-state index contributed by atoms with van der Waals surface area (Å²) in [6.07, 6.45) is 2.38. The minimum atomic E-state index is -0.257. The van der Waals surface area contributed by atoms with Gasteiger partial charge in [0.2, 0.25) is 5.91 Å². The lowest BCUT2D eigenvalue weighted by Gasteiger charge is -2.24. The van der Waals surface area contributed by atoms with Gasteiger partial charge in [-0.05, 0) is 42.3 Å². The normalized spacial score (nSPS) is 23.0. The minimum Gasteiger partial charge on any atom is -0.390 e. The molecule has 3 heterocycles. The van der Waals surface area contributed by atoms with Gasteiger partial charge in [-0.3, -0.25) is 4.79 Å². The third kappa shape index (κ3) is 2.59. The molecule has 1 amide bonds. The Hall–Kier alpha value is -2.89. The van der Waals surface area contributed by atoms with Crippen LogP contribution in [-0.4, -0.2) is 37.9 Å². The Balaban J connectivity index is 1.63. The van der Waals surface area contributed by atoms with Crippen molar-refractivity contribution in [2.75, 3.05) is 29.4 Å². The molecule has 2 aromatic carbocycles. The van der Waals surface area contributed by atoms with Gasteiger partial charge in [0.1, 0.15) is 5.82 Å². The first-order chi connectivity index (χ1) is 13.1. The van der Waals surface area contributed by atoms with E-state index in [1.54, 1.807) is 12.1 Å². The average Bonchev–Trinajstić information content (AvgIpc) is 3.33. The Bertz CT molecular complexity index is 941. The number of hydrogen-bond acceptors (Lipinski definition) is 4. The Morgan fingerprint density at radius 3 is 2.74 bits per heavy atom. The van der Waals surface area contributed by atoms with Gasteiger partial charge in [-0.1, -0.05) is 17.3 Å². The van der Waals surface area contributed by atoms with Gasteiger partial charge in [0.25, 0.3) is 0 Å². The van der Waals surface area contributed by atoms with Crippen LogP contribution in [0, 0.1) is 11.7 Å². The lowest BCUT2D eigenvalue weighted by Crippen LogP contribution is -2.26. The van der Waals surface area contributed by atoms with Gasteiger partial charge in [0.05, 0.1) is 25.1 Å². The predicted molar refractivity (Wildman–Crippen MR) is 103 cm³/mol. The average molecular weight is 365 g/mol. The summed E-state index contributed by atoms with van der Waals surface area (Å²) >= 11 is 0. The van der Waals surface area contributed by atoms with Gasteiger partial charge in [-0.25, -0.2) is 4.39 Å². The summed E-state index contributed by atoms with van der Waals surface area (Å²) in [6.45, 7) is 4.21. The van der Waals surface area contributed by atoms with Crippen LogP contribution in [0.5, 0.6) is 0 Å². The number of benzene rings is 2. The molecule has 2 atom stereocenters. The molecule has 138 valence electrons. The molecule has 2 aromatic rings. The van der Waals surface area contributed by atoms with E-state index in [0.717, 1.165) is 41.2 Å². The fourth-order valence-corrected chi connectivity index (χ4v) is 4.32. The quantitative estimate of drug-likeness (QED) is 0.839. The topological polar surface area (TPSA) is 45.1 Å². The highest BCUT2D eigenvalue weighted by Gasteiger charge is 2.38. The molecule has 3 aliphatic heterocycles. The molecule has 3 aliphatic rings. The Morgan fingerprint density at radius 2 is 2.00 bits per heavy atom. The lowest BCUT2D eigenvalue weighted by molar-refractivity contribution is -0.117. The maximum atomic E-state index is 13.5. The molecule has 0 bridgehead atoms. The van der Waals surface area contributed by atoms with Crippen LogP contribution in [-0.2, 0) is 16.1 Å². The first-order valence-corrected chi connectivity index (χ1v) is 9.31. The number of rotatable bonds is 3. The molecule has 5 nitrogen and oxygen atoms in total. The third-order valence-corrected chi connectivity index (χ3v) is 5.70. The summed E-state index contributed by atoms with van der Waals surface area (Å²) in [5, 5.41) is 3.93. The molecular formula is C21H20FN3O2. The molecule has 0 aliphatic carbocycles. The van der Waals surface area contributed by atoms with Crippen molar-refractivity contribution in [2.24, 2.45) is 11.1 Å². The second kappa shape index (κ2) is 6.08. The lowest BCUT2D eigenvalue weighted by atomic mass is 9.99. The molecule has 0 saturated carbocycles. The first kappa shape index (κ1) is 16.3. The van der Waals surface area contributed by atoms with Gasteiger partial charge in [-0.2, -0.15) is 0 Å². The van der Waals surface area contributed by atoms with E-state index in [2.05, 4.69) is 22.2 Å². The summed E-state index contributed by atoms with van der Waals surface area (Å²) in [5.74, 6) is 0.156. The van der Waals surface area contributed by atoms with Crippen molar-refractivity contribution in [1.29, 1.82) is 0 Å². The Labute approximate surface area is 157 Å². The van der Waals surface area contributed by atoms with Gasteiger partial charge in [0, 0.05) is 30.0 Å². The zero-order valence-corrected chi connectivity index (χ0v) is 15.1. The maximum Gasteiger partial charge on any atom is 0.231 e. The van der Waals surface area contributed by atoms with Crippen molar-refractivity contribution in [3.63, 3.8) is 0 Å². The summed E-state index contributed by atoms with van der Waals surface area (Å²) in [5.41, 5.74) is 5.03. The number of amides is 1. The van der Waals surface area contributed by atoms with Crippen LogP contribution >= 0.6 is 0 Å². The van der Waals surface area contributed by atoms with Crippen molar-refractivity contribution in [2.45, 2.75) is 19.4 Å². The van der Waals surface area contributed by atoms with Crippen LogP contribution in [0.2, 0.25) is 0 Å². The van der Waals surface area contributed by atoms with Crippen LogP contribution in [0.4, 0.5) is 15.8 Å². The zero-order valence-electron chi connectivity index (χ0n) is 15.1. The molecule has 1 fully saturated rings. The number of likely N-dealkylation sites (N-methyl/N-ethyl adjacent to an activating group) is 1. The summed E-state index contributed by atoms with van der Waals surface area (Å²) in [4.78, 5) is 21.9. The molecule has 5 rings (SSSR count). The summed E-state index contributed by atoms with van der Waals surface area (Å²) in [7, 11) is 0. The summed E-state index contributed by atoms with van der Waals surface area (Å²) in [6, 6.07) is 10.7. The molecule has 27 heavy (non-hydrogen) atoms. The van der Waals surface area contributed by atoms with E-state index in [9.17, 15) is 9.18 Å². The smallest absolute Gasteiger partial charge is 0.231 e. The SMILES string of the molecule is CCN1C(=O)Cc2cc(N3C[C@H]4C=NO[C@H]4C3)c(-c3ccc(F)cc3)cc21. The number of carbonyl (C=O) groups excluding carboxylic acids is 1. The molecule has 0 N–H and O–H groups in total.